The van der Waals surface area contributed by atoms with Crippen molar-refractivity contribution in [2.75, 3.05) is 0 Å². The Morgan fingerprint density at radius 3 is 2.46 bits per heavy atom. The lowest BCUT2D eigenvalue weighted by Crippen LogP contribution is -2.47. The van der Waals surface area contributed by atoms with Gasteiger partial charge in [0.2, 0.25) is 11.8 Å². The number of carbonyl (C=O) groups is 2. The number of primary amides is 1. The number of nitrogens with two attached hydrogens (primary N) is 1. The third kappa shape index (κ3) is 2.42. The van der Waals surface area contributed by atoms with Gasteiger partial charge in [-0.3, -0.25) is 9.59 Å². The smallest absolute Gasteiger partial charge is 0.243 e. The zero-order chi connectivity index (χ0) is 10.1. The summed E-state index contributed by atoms with van der Waals surface area (Å²) in [6.45, 7) is 1.52. The SMILES string of the molecule is C[C@@H](O)CC(=O)NC1(C(N)=O)CC1. The van der Waals surface area contributed by atoms with E-state index in [9.17, 15) is 9.59 Å². The highest BCUT2D eigenvalue weighted by molar-refractivity contribution is 5.93. The van der Waals surface area contributed by atoms with Crippen LogP contribution in [0.15, 0.2) is 0 Å². The van der Waals surface area contributed by atoms with Crippen LogP contribution in [0.4, 0.5) is 0 Å². The van der Waals surface area contributed by atoms with E-state index in [-0.39, 0.29) is 12.3 Å². The van der Waals surface area contributed by atoms with Gasteiger partial charge < -0.3 is 16.2 Å². The number of amides is 2. The molecule has 0 unspecified atom stereocenters. The van der Waals surface area contributed by atoms with Crippen molar-refractivity contribution in [2.24, 2.45) is 5.73 Å². The van der Waals surface area contributed by atoms with Crippen molar-refractivity contribution >= 4 is 11.8 Å². The van der Waals surface area contributed by atoms with Crippen LogP contribution in [0.5, 0.6) is 0 Å². The minimum absolute atomic E-state index is 0.00896. The van der Waals surface area contributed by atoms with Crippen LogP contribution >= 0.6 is 0 Å². The number of rotatable bonds is 4. The molecule has 1 fully saturated rings. The second-order valence-electron chi connectivity index (χ2n) is 3.55. The molecule has 0 heterocycles. The molecular weight excluding hydrogens is 172 g/mol. The molecule has 5 nitrogen and oxygen atoms in total. The third-order valence-corrected chi connectivity index (χ3v) is 2.08. The molecule has 0 aromatic carbocycles. The van der Waals surface area contributed by atoms with Crippen LogP contribution in [0.1, 0.15) is 26.2 Å². The first-order valence-corrected chi connectivity index (χ1v) is 4.25. The summed E-state index contributed by atoms with van der Waals surface area (Å²) in [4.78, 5) is 22.0. The minimum Gasteiger partial charge on any atom is -0.393 e. The zero-order valence-electron chi connectivity index (χ0n) is 7.54. The molecule has 2 amide bonds. The molecule has 4 N–H and O–H groups in total. The van der Waals surface area contributed by atoms with Crippen molar-refractivity contribution < 1.29 is 14.7 Å². The molecule has 0 aromatic heterocycles. The second-order valence-corrected chi connectivity index (χ2v) is 3.55. The van der Waals surface area contributed by atoms with Gasteiger partial charge in [0, 0.05) is 0 Å². The first-order chi connectivity index (χ1) is 5.96. The van der Waals surface area contributed by atoms with Gasteiger partial charge in [-0.2, -0.15) is 0 Å². The molecule has 1 aliphatic rings. The Labute approximate surface area is 76.3 Å². The maximum atomic E-state index is 11.1. The van der Waals surface area contributed by atoms with Crippen molar-refractivity contribution in [1.82, 2.24) is 5.32 Å². The zero-order valence-corrected chi connectivity index (χ0v) is 7.54. The first-order valence-electron chi connectivity index (χ1n) is 4.25. The van der Waals surface area contributed by atoms with Crippen molar-refractivity contribution in [1.29, 1.82) is 0 Å². The van der Waals surface area contributed by atoms with Crippen molar-refractivity contribution in [3.05, 3.63) is 0 Å². The maximum absolute atomic E-state index is 11.1. The van der Waals surface area contributed by atoms with Gasteiger partial charge in [-0.15, -0.1) is 0 Å². The molecule has 0 saturated heterocycles. The van der Waals surface area contributed by atoms with Gasteiger partial charge in [0.05, 0.1) is 12.5 Å². The van der Waals surface area contributed by atoms with Crippen LogP contribution in [-0.2, 0) is 9.59 Å². The molecular formula is C8H14N2O3. The number of hydrogen-bond donors (Lipinski definition) is 3. The van der Waals surface area contributed by atoms with E-state index in [0.717, 1.165) is 0 Å². The van der Waals surface area contributed by atoms with Gasteiger partial charge in [0.1, 0.15) is 5.54 Å². The molecule has 0 bridgehead atoms. The van der Waals surface area contributed by atoms with Crippen molar-refractivity contribution in [3.63, 3.8) is 0 Å². The third-order valence-electron chi connectivity index (χ3n) is 2.08. The van der Waals surface area contributed by atoms with E-state index in [1.807, 2.05) is 0 Å². The molecule has 5 heteroatoms. The Balaban J connectivity index is 2.40. The predicted octanol–water partition coefficient (Wildman–Crippen LogP) is -1.11. The van der Waals surface area contributed by atoms with Gasteiger partial charge in [-0.05, 0) is 19.8 Å². The first kappa shape index (κ1) is 9.98. The Bertz CT molecular complexity index is 234. The molecule has 13 heavy (non-hydrogen) atoms. The summed E-state index contributed by atoms with van der Waals surface area (Å²) in [5.74, 6) is -0.822. The average Bonchev–Trinajstić information content (AvgIpc) is 2.66. The van der Waals surface area contributed by atoms with Crippen molar-refractivity contribution in [2.45, 2.75) is 37.8 Å². The summed E-state index contributed by atoms with van der Waals surface area (Å²) in [5.41, 5.74) is 4.28. The number of aliphatic hydroxyl groups is 1. The molecule has 0 spiro atoms. The minimum atomic E-state index is -0.814. The van der Waals surface area contributed by atoms with Crippen molar-refractivity contribution in [3.8, 4) is 0 Å². The lowest BCUT2D eigenvalue weighted by atomic mass is 10.2. The highest BCUT2D eigenvalue weighted by atomic mass is 16.3. The maximum Gasteiger partial charge on any atom is 0.243 e. The van der Waals surface area contributed by atoms with Gasteiger partial charge >= 0.3 is 0 Å². The molecule has 74 valence electrons. The lowest BCUT2D eigenvalue weighted by molar-refractivity contribution is -0.129. The van der Waals surface area contributed by atoms with Crippen LogP contribution in [0.2, 0.25) is 0 Å². The van der Waals surface area contributed by atoms with Crippen LogP contribution in [-0.4, -0.2) is 28.6 Å². The summed E-state index contributed by atoms with van der Waals surface area (Å²) in [5, 5.41) is 11.4. The van der Waals surface area contributed by atoms with E-state index in [0.29, 0.717) is 12.8 Å². The van der Waals surface area contributed by atoms with Crippen LogP contribution in [0.25, 0.3) is 0 Å². The largest absolute Gasteiger partial charge is 0.393 e. The molecule has 1 aliphatic carbocycles. The molecule has 1 rings (SSSR count). The average molecular weight is 186 g/mol. The predicted molar refractivity (Wildman–Crippen MR) is 45.6 cm³/mol. The monoisotopic (exact) mass is 186 g/mol. The van der Waals surface area contributed by atoms with Gasteiger partial charge in [0.25, 0.3) is 0 Å². The number of hydrogen-bond acceptors (Lipinski definition) is 3. The van der Waals surface area contributed by atoms with E-state index in [1.54, 1.807) is 0 Å². The molecule has 0 radical (unpaired) electrons. The molecule has 1 saturated carbocycles. The summed E-state index contributed by atoms with van der Waals surface area (Å²) >= 11 is 0. The van der Waals surface area contributed by atoms with Gasteiger partial charge in [0.15, 0.2) is 0 Å². The van der Waals surface area contributed by atoms with Gasteiger partial charge in [-0.1, -0.05) is 0 Å². The van der Waals surface area contributed by atoms with Gasteiger partial charge in [-0.25, -0.2) is 0 Å². The van der Waals surface area contributed by atoms with E-state index in [1.165, 1.54) is 6.92 Å². The summed E-state index contributed by atoms with van der Waals surface area (Å²) in [6.07, 6.45) is 0.528. The standard InChI is InChI=1S/C8H14N2O3/c1-5(11)4-6(12)10-8(2-3-8)7(9)13/h5,11H,2-4H2,1H3,(H2,9,13)(H,10,12)/t5-/m1/s1. The molecule has 0 aliphatic heterocycles. The summed E-state index contributed by atoms with van der Waals surface area (Å²) in [7, 11) is 0. The Morgan fingerprint density at radius 2 is 2.15 bits per heavy atom. The fourth-order valence-electron chi connectivity index (χ4n) is 1.14. The Morgan fingerprint density at radius 1 is 1.62 bits per heavy atom. The van der Waals surface area contributed by atoms with Crippen LogP contribution < -0.4 is 11.1 Å². The molecule has 1 atom stereocenters. The summed E-state index contributed by atoms with van der Waals surface area (Å²) in [6, 6.07) is 0. The topological polar surface area (TPSA) is 92.4 Å². The Kier molecular flexibility index (Phi) is 2.56. The van der Waals surface area contributed by atoms with E-state index in [4.69, 9.17) is 10.8 Å². The quantitative estimate of drug-likeness (QED) is 0.520. The van der Waals surface area contributed by atoms with Crippen LogP contribution in [0, 0.1) is 0 Å². The highest BCUT2D eigenvalue weighted by Crippen LogP contribution is 2.34. The summed E-state index contributed by atoms with van der Waals surface area (Å²) < 4.78 is 0. The lowest BCUT2D eigenvalue weighted by Gasteiger charge is -2.13. The normalized spacial score (nSPS) is 20.5. The van der Waals surface area contributed by atoms with E-state index < -0.39 is 17.6 Å². The van der Waals surface area contributed by atoms with E-state index in [2.05, 4.69) is 5.32 Å². The number of aliphatic hydroxyl groups excluding tert-OH is 1. The highest BCUT2D eigenvalue weighted by Gasteiger charge is 2.49. The van der Waals surface area contributed by atoms with E-state index >= 15 is 0 Å². The number of nitrogens with one attached hydrogen (secondary N) is 1. The van der Waals surface area contributed by atoms with Crippen LogP contribution in [0.3, 0.4) is 0 Å². The Hall–Kier alpha value is -1.10. The fourth-order valence-corrected chi connectivity index (χ4v) is 1.14. The molecule has 0 aromatic rings. The fraction of sp³-hybridized carbons (Fsp3) is 0.750. The number of carbonyl (C=O) groups excluding carboxylic acids is 2. The second kappa shape index (κ2) is 3.33.